The van der Waals surface area contributed by atoms with Crippen LogP contribution in [0.2, 0.25) is 0 Å². The Kier molecular flexibility index (Phi) is 5.17. The van der Waals surface area contributed by atoms with Crippen LogP contribution in [0.5, 0.6) is 0 Å². The third kappa shape index (κ3) is 3.39. The molecule has 26 heavy (non-hydrogen) atoms. The average Bonchev–Trinajstić information content (AvgIpc) is 2.81. The summed E-state index contributed by atoms with van der Waals surface area (Å²) in [5, 5.41) is 2.93. The number of nitrogens with one attached hydrogen (secondary N) is 1. The molecule has 1 aliphatic heterocycles. The summed E-state index contributed by atoms with van der Waals surface area (Å²) in [6.45, 7) is 5.91. The van der Waals surface area contributed by atoms with Gasteiger partial charge in [-0.3, -0.25) is 19.3 Å². The molecule has 1 saturated carbocycles. The maximum absolute atomic E-state index is 12.8. The molecule has 1 heterocycles. The van der Waals surface area contributed by atoms with E-state index < -0.39 is 5.41 Å². The second-order valence-corrected chi connectivity index (χ2v) is 8.04. The second-order valence-electron chi connectivity index (χ2n) is 8.04. The van der Waals surface area contributed by atoms with Crippen LogP contribution in [0, 0.1) is 12.3 Å². The smallest absolute Gasteiger partial charge is 0.244 e. The third-order valence-electron chi connectivity index (χ3n) is 5.79. The molecule has 3 amide bonds. The first-order chi connectivity index (χ1) is 12.3. The Balaban J connectivity index is 1.73. The Bertz CT molecular complexity index is 733. The third-order valence-corrected chi connectivity index (χ3v) is 5.79. The molecular weight excluding hydrogens is 328 g/mol. The highest BCUT2D eigenvalue weighted by Gasteiger charge is 2.51. The molecule has 1 aromatic carbocycles. The predicted molar refractivity (Wildman–Crippen MR) is 101 cm³/mol. The zero-order valence-corrected chi connectivity index (χ0v) is 15.9. The first-order valence-electron chi connectivity index (χ1n) is 9.58. The number of imide groups is 1. The highest BCUT2D eigenvalue weighted by molar-refractivity contribution is 6.09. The Hall–Kier alpha value is -2.17. The van der Waals surface area contributed by atoms with Gasteiger partial charge in [0.2, 0.25) is 17.7 Å². The molecule has 0 radical (unpaired) electrons. The highest BCUT2D eigenvalue weighted by Crippen LogP contribution is 2.45. The van der Waals surface area contributed by atoms with Crippen LogP contribution in [0.3, 0.4) is 0 Å². The average molecular weight is 356 g/mol. The van der Waals surface area contributed by atoms with Crippen molar-refractivity contribution in [1.29, 1.82) is 0 Å². The van der Waals surface area contributed by atoms with Gasteiger partial charge in [0.15, 0.2) is 0 Å². The molecule has 5 nitrogen and oxygen atoms in total. The molecule has 0 atom stereocenters. The van der Waals surface area contributed by atoms with E-state index in [9.17, 15) is 14.4 Å². The lowest BCUT2D eigenvalue weighted by atomic mass is 9.73. The number of hydrogen-bond donors (Lipinski definition) is 1. The number of rotatable bonds is 4. The fourth-order valence-corrected chi connectivity index (χ4v) is 4.30. The van der Waals surface area contributed by atoms with Gasteiger partial charge in [-0.25, -0.2) is 0 Å². The maximum atomic E-state index is 12.8. The zero-order valence-electron chi connectivity index (χ0n) is 15.9. The molecule has 0 unspecified atom stereocenters. The van der Waals surface area contributed by atoms with Crippen molar-refractivity contribution in [2.24, 2.45) is 5.41 Å². The molecule has 1 aliphatic carbocycles. The van der Waals surface area contributed by atoms with Gasteiger partial charge in [-0.1, -0.05) is 51.3 Å². The summed E-state index contributed by atoms with van der Waals surface area (Å²) in [5.41, 5.74) is 2.29. The van der Waals surface area contributed by atoms with Gasteiger partial charge in [0, 0.05) is 12.1 Å². The number of anilines is 1. The molecule has 2 aliphatic rings. The molecule has 1 spiro atoms. The van der Waals surface area contributed by atoms with Gasteiger partial charge in [-0.05, 0) is 36.8 Å². The number of nitrogens with zero attached hydrogens (tertiary/aromatic N) is 1. The van der Waals surface area contributed by atoms with E-state index in [1.807, 2.05) is 25.1 Å². The first kappa shape index (κ1) is 18.6. The van der Waals surface area contributed by atoms with Crippen LogP contribution in [0.15, 0.2) is 18.2 Å². The number of carbonyl (C=O) groups excluding carboxylic acids is 3. The van der Waals surface area contributed by atoms with E-state index in [0.29, 0.717) is 0 Å². The standard InChI is InChI=1S/C21H28N2O3/c1-14(2)16-9-7-8-15(3)19(16)22-17(24)13-23-18(25)12-21(20(23)26)10-5-4-6-11-21/h7-9,14H,4-6,10-13H2,1-3H3,(H,22,24). The van der Waals surface area contributed by atoms with Crippen molar-refractivity contribution in [2.45, 2.75) is 65.2 Å². The van der Waals surface area contributed by atoms with E-state index in [4.69, 9.17) is 0 Å². The van der Waals surface area contributed by atoms with Crippen molar-refractivity contribution in [2.75, 3.05) is 11.9 Å². The van der Waals surface area contributed by atoms with Crippen molar-refractivity contribution < 1.29 is 14.4 Å². The summed E-state index contributed by atoms with van der Waals surface area (Å²) in [4.78, 5) is 39.0. The van der Waals surface area contributed by atoms with Crippen LogP contribution >= 0.6 is 0 Å². The highest BCUT2D eigenvalue weighted by atomic mass is 16.2. The van der Waals surface area contributed by atoms with Crippen LogP contribution < -0.4 is 5.32 Å². The van der Waals surface area contributed by atoms with Gasteiger partial charge in [-0.15, -0.1) is 0 Å². The first-order valence-corrected chi connectivity index (χ1v) is 9.58. The molecule has 1 saturated heterocycles. The monoisotopic (exact) mass is 356 g/mol. The largest absolute Gasteiger partial charge is 0.324 e. The van der Waals surface area contributed by atoms with Gasteiger partial charge in [0.1, 0.15) is 6.54 Å². The lowest BCUT2D eigenvalue weighted by molar-refractivity contribution is -0.144. The molecule has 0 aromatic heterocycles. The summed E-state index contributed by atoms with van der Waals surface area (Å²) in [6.07, 6.45) is 4.89. The molecular formula is C21H28N2O3. The Morgan fingerprint density at radius 1 is 1.19 bits per heavy atom. The summed E-state index contributed by atoms with van der Waals surface area (Å²) < 4.78 is 0. The maximum Gasteiger partial charge on any atom is 0.244 e. The summed E-state index contributed by atoms with van der Waals surface area (Å²) in [7, 11) is 0. The number of amides is 3. The van der Waals surface area contributed by atoms with E-state index in [2.05, 4.69) is 19.2 Å². The number of carbonyl (C=O) groups is 3. The Labute approximate surface area is 155 Å². The lowest BCUT2D eigenvalue weighted by Gasteiger charge is -2.30. The van der Waals surface area contributed by atoms with E-state index in [0.717, 1.165) is 48.9 Å². The van der Waals surface area contributed by atoms with Crippen LogP contribution in [0.25, 0.3) is 0 Å². The fourth-order valence-electron chi connectivity index (χ4n) is 4.30. The number of para-hydroxylation sites is 1. The van der Waals surface area contributed by atoms with Crippen molar-refractivity contribution in [1.82, 2.24) is 4.90 Å². The van der Waals surface area contributed by atoms with Gasteiger partial charge < -0.3 is 5.32 Å². The Morgan fingerprint density at radius 3 is 2.54 bits per heavy atom. The molecule has 140 valence electrons. The van der Waals surface area contributed by atoms with Crippen molar-refractivity contribution >= 4 is 23.4 Å². The quantitative estimate of drug-likeness (QED) is 0.835. The van der Waals surface area contributed by atoms with Crippen molar-refractivity contribution in [3.8, 4) is 0 Å². The van der Waals surface area contributed by atoms with E-state index in [-0.39, 0.29) is 36.6 Å². The topological polar surface area (TPSA) is 66.5 Å². The molecule has 3 rings (SSSR count). The minimum Gasteiger partial charge on any atom is -0.324 e. The number of aryl methyl sites for hydroxylation is 1. The van der Waals surface area contributed by atoms with Crippen LogP contribution in [-0.2, 0) is 14.4 Å². The minimum atomic E-state index is -0.540. The van der Waals surface area contributed by atoms with Crippen LogP contribution in [0.4, 0.5) is 5.69 Å². The normalized spacial score (nSPS) is 19.5. The summed E-state index contributed by atoms with van der Waals surface area (Å²) in [5.74, 6) is -0.395. The zero-order chi connectivity index (χ0) is 18.9. The molecule has 1 aromatic rings. The number of likely N-dealkylation sites (tertiary alicyclic amines) is 1. The van der Waals surface area contributed by atoms with Crippen LogP contribution in [0.1, 0.15) is 69.4 Å². The van der Waals surface area contributed by atoms with E-state index in [1.165, 1.54) is 4.90 Å². The number of benzene rings is 1. The fraction of sp³-hybridized carbons (Fsp3) is 0.571. The molecule has 2 fully saturated rings. The minimum absolute atomic E-state index is 0.147. The predicted octanol–water partition coefficient (Wildman–Crippen LogP) is 3.77. The van der Waals surface area contributed by atoms with E-state index in [1.54, 1.807) is 0 Å². The number of hydrogen-bond acceptors (Lipinski definition) is 3. The van der Waals surface area contributed by atoms with Gasteiger partial charge in [-0.2, -0.15) is 0 Å². The SMILES string of the molecule is Cc1cccc(C(C)C)c1NC(=O)CN1C(=O)CC2(CCCCC2)C1=O. The molecule has 1 N–H and O–H groups in total. The lowest BCUT2D eigenvalue weighted by Crippen LogP contribution is -2.41. The van der Waals surface area contributed by atoms with Gasteiger partial charge in [0.05, 0.1) is 5.41 Å². The van der Waals surface area contributed by atoms with Crippen molar-refractivity contribution in [3.05, 3.63) is 29.3 Å². The van der Waals surface area contributed by atoms with Gasteiger partial charge in [0.25, 0.3) is 0 Å². The summed E-state index contributed by atoms with van der Waals surface area (Å²) in [6, 6.07) is 5.92. The van der Waals surface area contributed by atoms with Gasteiger partial charge >= 0.3 is 0 Å². The molecule has 0 bridgehead atoms. The molecule has 5 heteroatoms. The van der Waals surface area contributed by atoms with E-state index >= 15 is 0 Å². The second kappa shape index (κ2) is 7.22. The van der Waals surface area contributed by atoms with Crippen LogP contribution in [-0.4, -0.2) is 29.2 Å². The Morgan fingerprint density at radius 2 is 1.88 bits per heavy atom. The van der Waals surface area contributed by atoms with Crippen molar-refractivity contribution in [3.63, 3.8) is 0 Å². The summed E-state index contributed by atoms with van der Waals surface area (Å²) >= 11 is 0.